The van der Waals surface area contributed by atoms with E-state index in [0.29, 0.717) is 29.4 Å². The molecule has 1 N–H and O–H groups in total. The number of ether oxygens (including phenoxy) is 4. The van der Waals surface area contributed by atoms with E-state index in [-0.39, 0.29) is 0 Å². The molecule has 0 amide bonds. The van der Waals surface area contributed by atoms with Crippen LogP contribution in [0.2, 0.25) is 0 Å². The largest absolute Gasteiger partial charge is 0.493 e. The first-order valence-corrected chi connectivity index (χ1v) is 8.07. The van der Waals surface area contributed by atoms with Crippen molar-refractivity contribution in [2.75, 3.05) is 28.4 Å². The molecule has 1 unspecified atom stereocenters. The number of rotatable bonds is 7. The highest BCUT2D eigenvalue weighted by molar-refractivity contribution is 5.50. The van der Waals surface area contributed by atoms with Gasteiger partial charge in [-0.1, -0.05) is 0 Å². The Kier molecular flexibility index (Phi) is 6.15. The summed E-state index contributed by atoms with van der Waals surface area (Å²) in [4.78, 5) is 0. The van der Waals surface area contributed by atoms with E-state index < -0.39 is 6.10 Å². The maximum absolute atomic E-state index is 10.8. The topological polar surface area (TPSA) is 57.2 Å². The van der Waals surface area contributed by atoms with Crippen LogP contribution in [0.4, 0.5) is 0 Å². The monoisotopic (exact) mass is 346 g/mol. The zero-order chi connectivity index (χ0) is 18.6. The van der Waals surface area contributed by atoms with E-state index in [9.17, 15) is 5.11 Å². The van der Waals surface area contributed by atoms with Crippen LogP contribution in [-0.2, 0) is 6.42 Å². The molecule has 5 nitrogen and oxygen atoms in total. The number of methoxy groups -OCH3 is 4. The second-order valence-electron chi connectivity index (χ2n) is 5.92. The van der Waals surface area contributed by atoms with Crippen LogP contribution in [0, 0.1) is 13.8 Å². The Balaban J connectivity index is 2.35. The van der Waals surface area contributed by atoms with Crippen LogP contribution in [0.15, 0.2) is 24.3 Å². The van der Waals surface area contributed by atoms with Gasteiger partial charge in [0.15, 0.2) is 23.0 Å². The molecule has 0 fully saturated rings. The lowest BCUT2D eigenvalue weighted by atomic mass is 9.94. The predicted molar refractivity (Wildman–Crippen MR) is 97.2 cm³/mol. The van der Waals surface area contributed by atoms with Crippen LogP contribution in [0.25, 0.3) is 0 Å². The summed E-state index contributed by atoms with van der Waals surface area (Å²) in [6, 6.07) is 7.53. The van der Waals surface area contributed by atoms with Gasteiger partial charge in [0.1, 0.15) is 0 Å². The van der Waals surface area contributed by atoms with Crippen LogP contribution in [-0.4, -0.2) is 33.5 Å². The Morgan fingerprint density at radius 1 is 0.720 bits per heavy atom. The highest BCUT2D eigenvalue weighted by Crippen LogP contribution is 2.36. The number of hydrogen-bond donors (Lipinski definition) is 1. The zero-order valence-corrected chi connectivity index (χ0v) is 15.7. The number of hydrogen-bond acceptors (Lipinski definition) is 5. The molecule has 2 aromatic carbocycles. The third-order valence-electron chi connectivity index (χ3n) is 4.39. The van der Waals surface area contributed by atoms with Gasteiger partial charge in [0, 0.05) is 6.42 Å². The summed E-state index contributed by atoms with van der Waals surface area (Å²) in [5.41, 5.74) is 3.80. The third-order valence-corrected chi connectivity index (χ3v) is 4.39. The van der Waals surface area contributed by atoms with E-state index in [0.717, 1.165) is 22.3 Å². The Morgan fingerprint density at radius 3 is 1.68 bits per heavy atom. The molecule has 0 heterocycles. The molecule has 1 atom stereocenters. The SMILES string of the molecule is COc1cc(C)c(CC(O)c2cc(OC)c(OC)cc2C)cc1OC. The average molecular weight is 346 g/mol. The lowest BCUT2D eigenvalue weighted by Crippen LogP contribution is -2.07. The van der Waals surface area contributed by atoms with Gasteiger partial charge in [0.2, 0.25) is 0 Å². The van der Waals surface area contributed by atoms with Crippen molar-refractivity contribution in [3.63, 3.8) is 0 Å². The van der Waals surface area contributed by atoms with Crippen LogP contribution >= 0.6 is 0 Å². The molecular formula is C20H26O5. The summed E-state index contributed by atoms with van der Waals surface area (Å²) in [5.74, 6) is 2.59. The molecule has 0 aromatic heterocycles. The lowest BCUT2D eigenvalue weighted by molar-refractivity contribution is 0.176. The Labute approximate surface area is 149 Å². The van der Waals surface area contributed by atoms with Gasteiger partial charge in [-0.15, -0.1) is 0 Å². The molecule has 136 valence electrons. The van der Waals surface area contributed by atoms with E-state index in [4.69, 9.17) is 18.9 Å². The molecule has 0 saturated carbocycles. The van der Waals surface area contributed by atoms with E-state index in [1.54, 1.807) is 28.4 Å². The smallest absolute Gasteiger partial charge is 0.161 e. The fourth-order valence-electron chi connectivity index (χ4n) is 2.92. The molecule has 0 aliphatic carbocycles. The predicted octanol–water partition coefficient (Wildman–Crippen LogP) is 3.61. The Hall–Kier alpha value is -2.40. The molecule has 5 heteroatoms. The summed E-state index contributed by atoms with van der Waals surface area (Å²) in [6.07, 6.45) is -0.209. The van der Waals surface area contributed by atoms with E-state index >= 15 is 0 Å². The minimum Gasteiger partial charge on any atom is -0.493 e. The van der Waals surface area contributed by atoms with Crippen LogP contribution in [0.1, 0.15) is 28.4 Å². The van der Waals surface area contributed by atoms with Crippen LogP contribution in [0.5, 0.6) is 23.0 Å². The van der Waals surface area contributed by atoms with Crippen molar-refractivity contribution in [2.45, 2.75) is 26.4 Å². The van der Waals surface area contributed by atoms with Crippen LogP contribution in [0.3, 0.4) is 0 Å². The van der Waals surface area contributed by atoms with Crippen molar-refractivity contribution in [3.05, 3.63) is 46.5 Å². The standard InChI is InChI=1S/C20H26O5/c1-12-7-17(22-3)19(24-5)10-14(12)9-16(21)15-11-20(25-6)18(23-4)8-13(15)2/h7-8,10-11,16,21H,9H2,1-6H3. The Bertz CT molecular complexity index is 739. The molecule has 2 aromatic rings. The highest BCUT2D eigenvalue weighted by Gasteiger charge is 2.18. The number of aryl methyl sites for hydroxylation is 2. The van der Waals surface area contributed by atoms with Crippen molar-refractivity contribution in [2.24, 2.45) is 0 Å². The number of benzene rings is 2. The second-order valence-corrected chi connectivity index (χ2v) is 5.92. The summed E-state index contributed by atoms with van der Waals surface area (Å²) in [5, 5.41) is 10.8. The maximum atomic E-state index is 10.8. The summed E-state index contributed by atoms with van der Waals surface area (Å²) >= 11 is 0. The molecular weight excluding hydrogens is 320 g/mol. The minimum absolute atomic E-state index is 0.461. The van der Waals surface area contributed by atoms with Crippen LogP contribution < -0.4 is 18.9 Å². The molecule has 0 spiro atoms. The first kappa shape index (κ1) is 18.9. The molecule has 0 radical (unpaired) electrons. The molecule has 25 heavy (non-hydrogen) atoms. The normalized spacial score (nSPS) is 11.8. The van der Waals surface area contributed by atoms with Gasteiger partial charge in [-0.3, -0.25) is 0 Å². The zero-order valence-electron chi connectivity index (χ0n) is 15.7. The van der Waals surface area contributed by atoms with Gasteiger partial charge in [0.25, 0.3) is 0 Å². The van der Waals surface area contributed by atoms with E-state index in [1.165, 1.54) is 0 Å². The second kappa shape index (κ2) is 8.12. The third kappa shape index (κ3) is 3.99. The van der Waals surface area contributed by atoms with Gasteiger partial charge >= 0.3 is 0 Å². The fourth-order valence-corrected chi connectivity index (χ4v) is 2.92. The Morgan fingerprint density at radius 2 is 1.16 bits per heavy atom. The van der Waals surface area contributed by atoms with Gasteiger partial charge in [-0.2, -0.15) is 0 Å². The van der Waals surface area contributed by atoms with E-state index in [1.807, 2.05) is 38.1 Å². The van der Waals surface area contributed by atoms with Crippen molar-refractivity contribution >= 4 is 0 Å². The maximum Gasteiger partial charge on any atom is 0.161 e. The first-order chi connectivity index (χ1) is 11.9. The molecule has 0 bridgehead atoms. The average Bonchev–Trinajstić information content (AvgIpc) is 2.62. The van der Waals surface area contributed by atoms with Crippen molar-refractivity contribution in [1.29, 1.82) is 0 Å². The molecule has 0 saturated heterocycles. The van der Waals surface area contributed by atoms with Crippen molar-refractivity contribution in [3.8, 4) is 23.0 Å². The van der Waals surface area contributed by atoms with Gasteiger partial charge in [-0.05, 0) is 60.4 Å². The fraction of sp³-hybridized carbons (Fsp3) is 0.400. The summed E-state index contributed by atoms with van der Waals surface area (Å²) in [7, 11) is 6.40. The highest BCUT2D eigenvalue weighted by atomic mass is 16.5. The molecule has 0 aliphatic heterocycles. The molecule has 0 aliphatic rings. The van der Waals surface area contributed by atoms with Crippen molar-refractivity contribution < 1.29 is 24.1 Å². The van der Waals surface area contributed by atoms with Gasteiger partial charge in [0.05, 0.1) is 34.5 Å². The first-order valence-electron chi connectivity index (χ1n) is 8.07. The number of aliphatic hydroxyl groups excluding tert-OH is 1. The summed E-state index contributed by atoms with van der Waals surface area (Å²) in [6.45, 7) is 3.94. The van der Waals surface area contributed by atoms with E-state index in [2.05, 4.69) is 0 Å². The quantitative estimate of drug-likeness (QED) is 0.830. The molecule has 2 rings (SSSR count). The van der Waals surface area contributed by atoms with Crippen molar-refractivity contribution in [1.82, 2.24) is 0 Å². The minimum atomic E-state index is -0.670. The number of aliphatic hydroxyl groups is 1. The van der Waals surface area contributed by atoms with Gasteiger partial charge < -0.3 is 24.1 Å². The lowest BCUT2D eigenvalue weighted by Gasteiger charge is -2.19. The summed E-state index contributed by atoms with van der Waals surface area (Å²) < 4.78 is 21.3. The van der Waals surface area contributed by atoms with Gasteiger partial charge in [-0.25, -0.2) is 0 Å².